The van der Waals surface area contributed by atoms with Crippen molar-refractivity contribution >= 4 is 0 Å². The summed E-state index contributed by atoms with van der Waals surface area (Å²) >= 11 is 0. The fraction of sp³-hybridized carbons (Fsp3) is 0.400. The fourth-order valence-electron chi connectivity index (χ4n) is 8.02. The number of hydrogen-bond donors (Lipinski definition) is 2. The lowest BCUT2D eigenvalue weighted by Crippen LogP contribution is -2.12. The maximum atomic E-state index is 11.4. The van der Waals surface area contributed by atoms with Crippen molar-refractivity contribution in [1.29, 1.82) is 0 Å². The molecule has 1 aliphatic rings. The third kappa shape index (κ3) is 4.55. The minimum Gasteiger partial charge on any atom is -0.507 e. The van der Waals surface area contributed by atoms with Gasteiger partial charge in [-0.25, -0.2) is 0 Å². The van der Waals surface area contributed by atoms with Crippen molar-refractivity contribution in [2.75, 3.05) is 0 Å². The van der Waals surface area contributed by atoms with Gasteiger partial charge in [-0.1, -0.05) is 12.1 Å². The average molecular weight is 561 g/mol. The number of aromatic hydroxyl groups is 2. The van der Waals surface area contributed by atoms with Crippen LogP contribution in [0.2, 0.25) is 0 Å². The number of hydrogen-bond acceptors (Lipinski definition) is 2. The zero-order chi connectivity index (χ0) is 30.9. The second-order valence-corrected chi connectivity index (χ2v) is 13.3. The van der Waals surface area contributed by atoms with Crippen molar-refractivity contribution in [2.45, 2.75) is 109 Å². The first-order valence-corrected chi connectivity index (χ1v) is 15.4. The molecule has 0 radical (unpaired) electrons. The Hall–Kier alpha value is -3.52. The number of fused-ring (bicyclic) bond motifs is 8. The molecule has 0 spiro atoms. The van der Waals surface area contributed by atoms with E-state index in [1.165, 1.54) is 89.0 Å². The average Bonchev–Trinajstić information content (AvgIpc) is 2.92. The van der Waals surface area contributed by atoms with Crippen LogP contribution in [0.15, 0.2) is 12.1 Å². The molecule has 0 atom stereocenters. The number of benzene rings is 4. The van der Waals surface area contributed by atoms with E-state index in [4.69, 9.17) is 0 Å². The summed E-state index contributed by atoms with van der Waals surface area (Å²) in [4.78, 5) is 0. The van der Waals surface area contributed by atoms with Crippen LogP contribution in [-0.2, 0) is 25.7 Å². The first-order chi connectivity index (χ1) is 19.6. The molecule has 0 unspecified atom stereocenters. The van der Waals surface area contributed by atoms with Gasteiger partial charge in [0.1, 0.15) is 11.5 Å². The van der Waals surface area contributed by atoms with Crippen molar-refractivity contribution < 1.29 is 10.2 Å². The van der Waals surface area contributed by atoms with E-state index in [1.807, 2.05) is 0 Å². The van der Waals surface area contributed by atoms with E-state index in [0.29, 0.717) is 11.5 Å². The third-order valence-corrected chi connectivity index (χ3v) is 11.0. The molecule has 2 heteroatoms. The normalized spacial score (nSPS) is 13.0. The van der Waals surface area contributed by atoms with E-state index in [-0.39, 0.29) is 0 Å². The maximum absolute atomic E-state index is 11.4. The summed E-state index contributed by atoms with van der Waals surface area (Å²) in [6, 6.07) is 4.67. The largest absolute Gasteiger partial charge is 0.507 e. The van der Waals surface area contributed by atoms with E-state index in [9.17, 15) is 10.2 Å². The van der Waals surface area contributed by atoms with Gasteiger partial charge in [-0.05, 0) is 220 Å². The first-order valence-electron chi connectivity index (χ1n) is 15.4. The van der Waals surface area contributed by atoms with Crippen LogP contribution in [0.1, 0.15) is 111 Å². The van der Waals surface area contributed by atoms with Gasteiger partial charge in [-0.2, -0.15) is 0 Å². The summed E-state index contributed by atoms with van der Waals surface area (Å²) in [6.45, 7) is 26.3. The highest BCUT2D eigenvalue weighted by molar-refractivity contribution is 5.62. The molecular weight excluding hydrogens is 512 g/mol. The van der Waals surface area contributed by atoms with E-state index in [1.54, 1.807) is 0 Å². The van der Waals surface area contributed by atoms with Crippen LogP contribution in [-0.4, -0.2) is 10.2 Å². The Labute approximate surface area is 253 Å². The molecule has 0 saturated carbocycles. The maximum Gasteiger partial charge on any atom is 0.121 e. The highest BCUT2D eigenvalue weighted by Crippen LogP contribution is 2.40. The topological polar surface area (TPSA) is 40.5 Å². The van der Waals surface area contributed by atoms with Crippen LogP contribution >= 0.6 is 0 Å². The molecule has 5 rings (SSSR count). The van der Waals surface area contributed by atoms with E-state index < -0.39 is 0 Å². The summed E-state index contributed by atoms with van der Waals surface area (Å²) in [5.41, 5.74) is 24.8. The molecule has 0 amide bonds. The Balaban J connectivity index is 1.92. The van der Waals surface area contributed by atoms with Crippen LogP contribution in [0.4, 0.5) is 0 Å². The van der Waals surface area contributed by atoms with E-state index >= 15 is 0 Å². The highest BCUT2D eigenvalue weighted by Gasteiger charge is 2.25. The SMILES string of the molecule is Cc1cc(C)c2c(C)c1Cc1c(C)c(O)c(C)c(c1C)Cc1c(C)cc(C)c(c1C)Cc1c(C)c(O)c(C)c(c1C)C2. The van der Waals surface area contributed by atoms with Gasteiger partial charge in [0.25, 0.3) is 0 Å². The Morgan fingerprint density at radius 1 is 0.310 bits per heavy atom. The summed E-state index contributed by atoms with van der Waals surface area (Å²) in [6.07, 6.45) is 3.18. The molecule has 220 valence electrons. The lowest BCUT2D eigenvalue weighted by Gasteiger charge is -2.26. The van der Waals surface area contributed by atoms with Gasteiger partial charge < -0.3 is 10.2 Å². The summed E-state index contributed by atoms with van der Waals surface area (Å²) < 4.78 is 0. The van der Waals surface area contributed by atoms with Crippen molar-refractivity contribution in [3.05, 3.63) is 123 Å². The minimum atomic E-state index is 0.435. The van der Waals surface area contributed by atoms with Crippen LogP contribution in [0.5, 0.6) is 11.5 Å². The fourth-order valence-corrected chi connectivity index (χ4v) is 8.02. The predicted octanol–water partition coefficient (Wildman–Crippen LogP) is 9.48. The number of aryl methyl sites for hydroxylation is 4. The molecule has 0 heterocycles. The molecule has 1 aliphatic carbocycles. The second kappa shape index (κ2) is 10.6. The monoisotopic (exact) mass is 560 g/mol. The van der Waals surface area contributed by atoms with Gasteiger partial charge in [0.05, 0.1) is 0 Å². The standard InChI is InChI=1S/C40H48O2/c1-19-13-20(2)32-16-36-26(8)38(30(12)40(42)28(36)10)18-34-22(4)14-21(3)33(24(34)6)17-37-25(7)35(15-31(19)23(32)5)27(9)39(41)29(37)11/h13-14,41-42H,15-18H2,1-12H3. The molecule has 42 heavy (non-hydrogen) atoms. The molecule has 2 N–H and O–H groups in total. The predicted molar refractivity (Wildman–Crippen MR) is 177 cm³/mol. The van der Waals surface area contributed by atoms with Crippen LogP contribution in [0, 0.1) is 83.1 Å². The van der Waals surface area contributed by atoms with Crippen LogP contribution in [0.3, 0.4) is 0 Å². The molecule has 0 fully saturated rings. The first kappa shape index (κ1) is 30.0. The Kier molecular flexibility index (Phi) is 7.59. The smallest absolute Gasteiger partial charge is 0.121 e. The van der Waals surface area contributed by atoms with Gasteiger partial charge in [0.15, 0.2) is 0 Å². The second-order valence-electron chi connectivity index (χ2n) is 13.3. The van der Waals surface area contributed by atoms with E-state index in [0.717, 1.165) is 47.9 Å². The zero-order valence-corrected chi connectivity index (χ0v) is 27.9. The zero-order valence-electron chi connectivity index (χ0n) is 27.9. The van der Waals surface area contributed by atoms with Gasteiger partial charge in [0.2, 0.25) is 0 Å². The molecule has 4 aromatic rings. The Morgan fingerprint density at radius 2 is 0.500 bits per heavy atom. The third-order valence-electron chi connectivity index (χ3n) is 11.0. The molecular formula is C40H48O2. The van der Waals surface area contributed by atoms with Crippen molar-refractivity contribution in [3.8, 4) is 11.5 Å². The Morgan fingerprint density at radius 3 is 0.714 bits per heavy atom. The Bertz CT molecular complexity index is 1550. The summed E-state index contributed by atoms with van der Waals surface area (Å²) in [5, 5.41) is 22.9. The van der Waals surface area contributed by atoms with Crippen molar-refractivity contribution in [3.63, 3.8) is 0 Å². The quantitative estimate of drug-likeness (QED) is 0.198. The van der Waals surface area contributed by atoms with Crippen LogP contribution < -0.4 is 0 Å². The molecule has 0 saturated heterocycles. The molecule has 2 nitrogen and oxygen atoms in total. The van der Waals surface area contributed by atoms with Gasteiger partial charge in [-0.15, -0.1) is 0 Å². The number of rotatable bonds is 0. The van der Waals surface area contributed by atoms with Crippen LogP contribution in [0.25, 0.3) is 0 Å². The minimum absolute atomic E-state index is 0.435. The lowest BCUT2D eigenvalue weighted by molar-refractivity contribution is 0.464. The lowest BCUT2D eigenvalue weighted by atomic mass is 9.79. The highest BCUT2D eigenvalue weighted by atomic mass is 16.3. The summed E-state index contributed by atoms with van der Waals surface area (Å²) in [7, 11) is 0. The summed E-state index contributed by atoms with van der Waals surface area (Å²) in [5.74, 6) is 0.869. The van der Waals surface area contributed by atoms with Gasteiger partial charge in [-0.3, -0.25) is 0 Å². The number of phenolic OH excluding ortho intramolecular Hbond substituents is 2. The molecule has 0 aliphatic heterocycles. The van der Waals surface area contributed by atoms with Gasteiger partial charge in [0, 0.05) is 0 Å². The van der Waals surface area contributed by atoms with Crippen molar-refractivity contribution in [2.24, 2.45) is 0 Å². The van der Waals surface area contributed by atoms with Gasteiger partial charge >= 0.3 is 0 Å². The molecule has 4 aromatic carbocycles. The van der Waals surface area contributed by atoms with E-state index in [2.05, 4.69) is 95.2 Å². The van der Waals surface area contributed by atoms with Crippen molar-refractivity contribution in [1.82, 2.24) is 0 Å². The molecule has 8 bridgehead atoms. The number of phenols is 2. The molecule has 0 aromatic heterocycles.